The van der Waals surface area contributed by atoms with Crippen LogP contribution in [0.15, 0.2) is 42.5 Å². The molecule has 1 aromatic rings. The number of carbonyl (C=O) groups excluding carboxylic acids is 1. The fourth-order valence-electron chi connectivity index (χ4n) is 12.2. The number of ketones is 1. The molecule has 0 aromatic heterocycles. The highest BCUT2D eigenvalue weighted by Gasteiger charge is 2.70. The Kier molecular flexibility index (Phi) is 6.11. The Hall–Kier alpha value is -1.67. The zero-order valence-electron chi connectivity index (χ0n) is 25.8. The molecule has 5 aliphatic rings. The molecule has 2 N–H and O–H groups in total. The van der Waals surface area contributed by atoms with Crippen molar-refractivity contribution in [2.45, 2.75) is 112 Å². The normalized spacial score (nSPS) is 46.3. The number of rotatable bonds is 3. The Balaban J connectivity index is 1.36. The lowest BCUT2D eigenvalue weighted by Crippen LogP contribution is -2.67. The molecule has 0 spiro atoms. The minimum Gasteiger partial charge on any atom is -0.325 e. The van der Waals surface area contributed by atoms with Gasteiger partial charge in [0.15, 0.2) is 5.78 Å². The summed E-state index contributed by atoms with van der Waals surface area (Å²) < 4.78 is 0. The summed E-state index contributed by atoms with van der Waals surface area (Å²) in [6, 6.07) is 8.41. The fourth-order valence-corrected chi connectivity index (χ4v) is 12.2. The third kappa shape index (κ3) is 3.58. The summed E-state index contributed by atoms with van der Waals surface area (Å²) in [6.07, 6.45) is 14.1. The second kappa shape index (κ2) is 8.67. The first-order valence-electron chi connectivity index (χ1n) is 16.0. The van der Waals surface area contributed by atoms with E-state index in [2.05, 4.69) is 66.3 Å². The van der Waals surface area contributed by atoms with Gasteiger partial charge in [-0.15, -0.1) is 0 Å². The third-order valence-corrected chi connectivity index (χ3v) is 14.3. The second-order valence-electron chi connectivity index (χ2n) is 16.1. The predicted octanol–water partition coefficient (Wildman–Crippen LogP) is 9.25. The highest BCUT2D eigenvalue weighted by molar-refractivity contribution is 5.94. The lowest BCUT2D eigenvalue weighted by Gasteiger charge is -2.72. The maximum Gasteiger partial charge on any atom is 0.159 e. The van der Waals surface area contributed by atoms with E-state index in [1.165, 1.54) is 74.5 Å². The van der Waals surface area contributed by atoms with Crippen molar-refractivity contribution in [3.8, 4) is 0 Å². The molecule has 4 saturated carbocycles. The Morgan fingerprint density at radius 2 is 1.54 bits per heavy atom. The molecule has 4 fully saturated rings. The maximum atomic E-state index is 11.9. The van der Waals surface area contributed by atoms with Crippen molar-refractivity contribution in [2.75, 3.05) is 0 Å². The highest BCUT2D eigenvalue weighted by atomic mass is 16.1. The number of allylic oxidation sites excluding steroid dienone is 3. The van der Waals surface area contributed by atoms with Gasteiger partial charge in [0.2, 0.25) is 0 Å². The molecule has 0 heterocycles. The average molecular weight is 528 g/mol. The molecular weight excluding hydrogens is 474 g/mol. The van der Waals surface area contributed by atoms with Crippen LogP contribution in [0, 0.1) is 51.2 Å². The molecule has 2 nitrogen and oxygen atoms in total. The van der Waals surface area contributed by atoms with Crippen molar-refractivity contribution in [1.82, 2.24) is 0 Å². The minimum absolute atomic E-state index is 0.0283. The molecule has 5 aliphatic carbocycles. The molecule has 6 rings (SSSR count). The molecule has 0 radical (unpaired) electrons. The van der Waals surface area contributed by atoms with Gasteiger partial charge in [0.05, 0.1) is 0 Å². The highest BCUT2D eigenvalue weighted by Crippen LogP contribution is 2.76. The zero-order valence-corrected chi connectivity index (χ0v) is 25.8. The van der Waals surface area contributed by atoms with Crippen LogP contribution >= 0.6 is 0 Å². The minimum atomic E-state index is 0.0283. The van der Waals surface area contributed by atoms with Gasteiger partial charge in [-0.2, -0.15) is 0 Å². The van der Waals surface area contributed by atoms with Gasteiger partial charge >= 0.3 is 0 Å². The van der Waals surface area contributed by atoms with Crippen LogP contribution < -0.4 is 5.73 Å². The smallest absolute Gasteiger partial charge is 0.159 e. The number of nitrogens with two attached hydrogens (primary N) is 1. The molecule has 0 amide bonds. The first-order valence-corrected chi connectivity index (χ1v) is 16.0. The van der Waals surface area contributed by atoms with E-state index in [4.69, 9.17) is 5.73 Å². The molecule has 0 aliphatic heterocycles. The molecule has 9 atom stereocenters. The first-order chi connectivity index (χ1) is 18.2. The van der Waals surface area contributed by atoms with Crippen molar-refractivity contribution in [3.63, 3.8) is 0 Å². The monoisotopic (exact) mass is 527 g/mol. The Morgan fingerprint density at radius 1 is 0.846 bits per heavy atom. The van der Waals surface area contributed by atoms with Crippen molar-refractivity contribution < 1.29 is 4.79 Å². The van der Waals surface area contributed by atoms with Crippen LogP contribution in [0.1, 0.15) is 122 Å². The van der Waals surface area contributed by atoms with E-state index in [-0.39, 0.29) is 16.7 Å². The van der Waals surface area contributed by atoms with Crippen LogP contribution in [0.2, 0.25) is 0 Å². The summed E-state index contributed by atoms with van der Waals surface area (Å²) in [5.41, 5.74) is 13.4. The summed E-state index contributed by atoms with van der Waals surface area (Å²) in [4.78, 5) is 11.9. The van der Waals surface area contributed by atoms with Crippen LogP contribution in [0.25, 0.3) is 5.57 Å². The van der Waals surface area contributed by atoms with Gasteiger partial charge in [-0.1, -0.05) is 77.1 Å². The van der Waals surface area contributed by atoms with Gasteiger partial charge in [0.25, 0.3) is 0 Å². The number of fused-ring (bicyclic) bond motifs is 7. The van der Waals surface area contributed by atoms with Crippen LogP contribution in [0.3, 0.4) is 0 Å². The predicted molar refractivity (Wildman–Crippen MR) is 163 cm³/mol. The Labute approximate surface area is 238 Å². The fraction of sp³-hybridized carbons (Fsp3) is 0.703. The van der Waals surface area contributed by atoms with Crippen LogP contribution in [0.5, 0.6) is 0 Å². The topological polar surface area (TPSA) is 43.1 Å². The van der Waals surface area contributed by atoms with E-state index in [1.54, 1.807) is 6.92 Å². The number of benzene rings is 1. The molecule has 0 bridgehead atoms. The van der Waals surface area contributed by atoms with Crippen molar-refractivity contribution in [3.05, 3.63) is 53.6 Å². The van der Waals surface area contributed by atoms with Crippen molar-refractivity contribution in [1.29, 1.82) is 0 Å². The van der Waals surface area contributed by atoms with E-state index >= 15 is 0 Å². The molecule has 0 saturated heterocycles. The number of Topliss-reactive ketones (excluding diaryl/α,β-unsaturated/α-hetero) is 1. The SMILES string of the molecule is C=C(C)[C@@H]1CC[C@]2(N)CC[C@]3(C)C(CC[C@@H]4[C@@]5(C)CC=C(c6ccc(C(C)=O)cc6)C(C)(C)[C@@H]5CC[C@]43C)[C@@H]12. The van der Waals surface area contributed by atoms with Crippen molar-refractivity contribution >= 4 is 11.4 Å². The Bertz CT molecular complexity index is 1220. The number of hydrogen-bond acceptors (Lipinski definition) is 2. The van der Waals surface area contributed by atoms with E-state index in [1.807, 2.05) is 12.1 Å². The van der Waals surface area contributed by atoms with Gasteiger partial charge in [-0.3, -0.25) is 4.79 Å². The lowest BCUT2D eigenvalue weighted by atomic mass is 9.33. The van der Waals surface area contributed by atoms with Gasteiger partial charge in [0, 0.05) is 11.1 Å². The molecule has 39 heavy (non-hydrogen) atoms. The number of hydrogen-bond donors (Lipinski definition) is 1. The zero-order chi connectivity index (χ0) is 28.2. The van der Waals surface area contributed by atoms with Gasteiger partial charge in [-0.05, 0) is 134 Å². The summed E-state index contributed by atoms with van der Waals surface area (Å²) in [6.45, 7) is 21.5. The third-order valence-electron chi connectivity index (χ3n) is 14.3. The van der Waals surface area contributed by atoms with E-state index in [0.29, 0.717) is 34.0 Å². The number of carbonyl (C=O) groups is 1. The van der Waals surface area contributed by atoms with Gasteiger partial charge in [-0.25, -0.2) is 0 Å². The summed E-state index contributed by atoms with van der Waals surface area (Å²) in [5.74, 6) is 3.51. The maximum absolute atomic E-state index is 11.9. The van der Waals surface area contributed by atoms with Crippen LogP contribution in [0.4, 0.5) is 0 Å². The quantitative estimate of drug-likeness (QED) is 0.314. The molecule has 1 aromatic carbocycles. The molecule has 2 heteroatoms. The summed E-state index contributed by atoms with van der Waals surface area (Å²) in [5, 5.41) is 0. The largest absolute Gasteiger partial charge is 0.325 e. The first kappa shape index (κ1) is 27.5. The van der Waals surface area contributed by atoms with Crippen LogP contribution in [-0.4, -0.2) is 11.3 Å². The molecule has 212 valence electrons. The van der Waals surface area contributed by atoms with E-state index in [9.17, 15) is 4.79 Å². The standard InChI is InChI=1S/C37H53NO/c1-23(2)27-15-20-37(38)22-21-35(7)29(32(27)37)13-14-31-34(6)18-16-28(26-11-9-25(10-12-26)24(3)39)33(4,5)30(34)17-19-36(31,35)8/h9-12,16,27,29-32H,1,13-15,17-22,38H2,2-8H3/t27-,29?,30-,31+,32+,34-,35+,36+,37-/m0/s1. The average Bonchev–Trinajstić information content (AvgIpc) is 3.22. The molecule has 1 unspecified atom stereocenters. The summed E-state index contributed by atoms with van der Waals surface area (Å²) in [7, 11) is 0. The Morgan fingerprint density at radius 3 is 2.18 bits per heavy atom. The van der Waals surface area contributed by atoms with E-state index < -0.39 is 0 Å². The molecular formula is C37H53NO. The van der Waals surface area contributed by atoms with Gasteiger partial charge in [0.1, 0.15) is 0 Å². The second-order valence-corrected chi connectivity index (χ2v) is 16.1. The van der Waals surface area contributed by atoms with E-state index in [0.717, 1.165) is 17.4 Å². The summed E-state index contributed by atoms with van der Waals surface area (Å²) >= 11 is 0. The lowest BCUT2D eigenvalue weighted by molar-refractivity contribution is -0.217. The van der Waals surface area contributed by atoms with Gasteiger partial charge < -0.3 is 5.73 Å². The van der Waals surface area contributed by atoms with Crippen LogP contribution in [-0.2, 0) is 0 Å². The van der Waals surface area contributed by atoms with Crippen molar-refractivity contribution in [2.24, 2.45) is 57.0 Å².